The quantitative estimate of drug-likeness (QED) is 0.294. The first kappa shape index (κ1) is 26.7. The van der Waals surface area contributed by atoms with E-state index in [1.165, 1.54) is 11.3 Å². The minimum Gasteiger partial charge on any atom is -0.497 e. The number of methoxy groups -OCH3 is 1. The predicted molar refractivity (Wildman–Crippen MR) is 151 cm³/mol. The Bertz CT molecular complexity index is 1120. The smallest absolute Gasteiger partial charge is 0.316 e. The van der Waals surface area contributed by atoms with Crippen LogP contribution in [0, 0.1) is 0 Å². The maximum Gasteiger partial charge on any atom is 0.316 e. The number of rotatable bonds is 11. The molecule has 0 spiro atoms. The summed E-state index contributed by atoms with van der Waals surface area (Å²) in [5.74, 6) is 0.766. The summed E-state index contributed by atoms with van der Waals surface area (Å²) in [5.41, 5.74) is 4.06. The van der Waals surface area contributed by atoms with Crippen LogP contribution in [0.25, 0.3) is 11.1 Å². The summed E-state index contributed by atoms with van der Waals surface area (Å²) in [6.45, 7) is 9.60. The number of hydrogen-bond donors (Lipinski definition) is 0. The molecule has 0 aliphatic carbocycles. The van der Waals surface area contributed by atoms with E-state index in [0.717, 1.165) is 68.9 Å². The van der Waals surface area contributed by atoms with Crippen LogP contribution in [0.2, 0.25) is 0 Å². The number of carbonyl (C=O) groups is 1. The van der Waals surface area contributed by atoms with Crippen molar-refractivity contribution in [3.05, 3.63) is 84.4 Å². The number of hydrogen-bond acceptors (Lipinski definition) is 5. The van der Waals surface area contributed by atoms with Crippen molar-refractivity contribution in [2.45, 2.75) is 38.5 Å². The summed E-state index contributed by atoms with van der Waals surface area (Å²) < 4.78 is 11.0. The molecule has 4 rings (SSSR count). The molecule has 1 fully saturated rings. The van der Waals surface area contributed by atoms with Crippen LogP contribution in [0.1, 0.15) is 38.7 Å². The summed E-state index contributed by atoms with van der Waals surface area (Å²) in [5, 5.41) is 0. The normalized spacial score (nSPS) is 15.7. The summed E-state index contributed by atoms with van der Waals surface area (Å²) in [6, 6.07) is 27.1. The molecule has 1 saturated heterocycles. The van der Waals surface area contributed by atoms with Crippen LogP contribution in [0.5, 0.6) is 5.75 Å². The van der Waals surface area contributed by atoms with Crippen molar-refractivity contribution < 1.29 is 14.3 Å². The Labute approximate surface area is 222 Å². The minimum atomic E-state index is -0.608. The molecule has 1 atom stereocenters. The van der Waals surface area contributed by atoms with Gasteiger partial charge in [-0.2, -0.15) is 0 Å². The Morgan fingerprint density at radius 3 is 2.30 bits per heavy atom. The van der Waals surface area contributed by atoms with E-state index in [-0.39, 0.29) is 5.97 Å². The average Bonchev–Trinajstić information content (AvgIpc) is 2.96. The topological polar surface area (TPSA) is 42.0 Å². The Hall–Kier alpha value is -3.31. The summed E-state index contributed by atoms with van der Waals surface area (Å²) in [7, 11) is 1.70. The van der Waals surface area contributed by atoms with Gasteiger partial charge in [0.05, 0.1) is 19.1 Å². The first-order valence-corrected chi connectivity index (χ1v) is 13.5. The number of piperazine rings is 1. The van der Waals surface area contributed by atoms with Gasteiger partial charge in [-0.1, -0.05) is 61.5 Å². The zero-order valence-corrected chi connectivity index (χ0v) is 22.5. The van der Waals surface area contributed by atoms with Gasteiger partial charge in [0.2, 0.25) is 0 Å². The molecule has 5 nitrogen and oxygen atoms in total. The summed E-state index contributed by atoms with van der Waals surface area (Å²) >= 11 is 0. The van der Waals surface area contributed by atoms with Crippen molar-refractivity contribution in [3.8, 4) is 16.9 Å². The molecule has 1 aliphatic heterocycles. The second-order valence-corrected chi connectivity index (χ2v) is 10.0. The molecule has 5 heteroatoms. The van der Waals surface area contributed by atoms with Gasteiger partial charge in [-0.05, 0) is 73.7 Å². The zero-order valence-electron chi connectivity index (χ0n) is 22.5. The third-order valence-corrected chi connectivity index (χ3v) is 7.46. The molecule has 196 valence electrons. The lowest BCUT2D eigenvalue weighted by Crippen LogP contribution is -2.47. The highest BCUT2D eigenvalue weighted by Gasteiger charge is 2.36. The maximum absolute atomic E-state index is 13.0. The van der Waals surface area contributed by atoms with Gasteiger partial charge in [0, 0.05) is 31.9 Å². The third kappa shape index (κ3) is 6.72. The Balaban J connectivity index is 1.29. The predicted octanol–water partition coefficient (Wildman–Crippen LogP) is 6.18. The molecule has 3 aromatic carbocycles. The molecule has 0 saturated carbocycles. The van der Waals surface area contributed by atoms with E-state index in [0.29, 0.717) is 6.61 Å². The van der Waals surface area contributed by atoms with E-state index in [4.69, 9.17) is 9.47 Å². The fraction of sp³-hybridized carbons (Fsp3) is 0.406. The van der Waals surface area contributed by atoms with E-state index in [1.54, 1.807) is 7.11 Å². The number of esters is 1. The lowest BCUT2D eigenvalue weighted by Gasteiger charge is -2.37. The van der Waals surface area contributed by atoms with Crippen molar-refractivity contribution >= 4 is 11.7 Å². The molecule has 1 heterocycles. The van der Waals surface area contributed by atoms with Crippen molar-refractivity contribution in [1.29, 1.82) is 0 Å². The molecule has 0 radical (unpaired) electrons. The standard InChI is InChI=1S/C32H40N2O3/c1-4-24-37-31(35)32(2,28-11-6-5-7-12-28)18-9-19-33-20-22-34(23-21-33)29-16-14-26(15-17-29)27-10-8-13-30(25-27)36-3/h5-8,10-17,25H,4,9,18-24H2,1-3H3. The van der Waals surface area contributed by atoms with E-state index in [2.05, 4.69) is 46.2 Å². The Kier molecular flexibility index (Phi) is 9.24. The molecular formula is C32H40N2O3. The Morgan fingerprint density at radius 1 is 0.892 bits per heavy atom. The van der Waals surface area contributed by atoms with Gasteiger partial charge in [0.15, 0.2) is 0 Å². The lowest BCUT2D eigenvalue weighted by atomic mass is 9.78. The fourth-order valence-electron chi connectivity index (χ4n) is 5.08. The number of benzene rings is 3. The van der Waals surface area contributed by atoms with Crippen LogP contribution < -0.4 is 9.64 Å². The monoisotopic (exact) mass is 500 g/mol. The van der Waals surface area contributed by atoms with Crippen molar-refractivity contribution in [2.75, 3.05) is 51.3 Å². The van der Waals surface area contributed by atoms with Crippen molar-refractivity contribution in [3.63, 3.8) is 0 Å². The van der Waals surface area contributed by atoms with Gasteiger partial charge < -0.3 is 14.4 Å². The van der Waals surface area contributed by atoms with Gasteiger partial charge in [-0.15, -0.1) is 0 Å². The molecule has 0 bridgehead atoms. The van der Waals surface area contributed by atoms with Crippen molar-refractivity contribution in [1.82, 2.24) is 4.90 Å². The van der Waals surface area contributed by atoms with E-state index in [9.17, 15) is 4.79 Å². The van der Waals surface area contributed by atoms with Gasteiger partial charge in [-0.3, -0.25) is 9.69 Å². The third-order valence-electron chi connectivity index (χ3n) is 7.46. The van der Waals surface area contributed by atoms with Crippen LogP contribution in [-0.4, -0.2) is 57.3 Å². The van der Waals surface area contributed by atoms with Crippen LogP contribution in [0.15, 0.2) is 78.9 Å². The van der Waals surface area contributed by atoms with Gasteiger partial charge in [-0.25, -0.2) is 0 Å². The molecule has 1 aliphatic rings. The van der Waals surface area contributed by atoms with Gasteiger partial charge in [0.25, 0.3) is 0 Å². The molecule has 1 unspecified atom stereocenters. The van der Waals surface area contributed by atoms with Crippen LogP contribution in [0.3, 0.4) is 0 Å². The second kappa shape index (κ2) is 12.8. The average molecular weight is 501 g/mol. The van der Waals surface area contributed by atoms with Crippen LogP contribution >= 0.6 is 0 Å². The zero-order chi connectivity index (χ0) is 26.1. The van der Waals surface area contributed by atoms with E-state index in [1.807, 2.05) is 56.3 Å². The van der Waals surface area contributed by atoms with E-state index < -0.39 is 5.41 Å². The number of nitrogens with zero attached hydrogens (tertiary/aromatic N) is 2. The molecule has 37 heavy (non-hydrogen) atoms. The SMILES string of the molecule is CCCOC(=O)C(C)(CCCN1CCN(c2ccc(-c3cccc(OC)c3)cc2)CC1)c1ccccc1. The first-order chi connectivity index (χ1) is 18.0. The Morgan fingerprint density at radius 2 is 1.62 bits per heavy atom. The lowest BCUT2D eigenvalue weighted by molar-refractivity contribution is -0.150. The maximum atomic E-state index is 13.0. The molecular weight excluding hydrogens is 460 g/mol. The highest BCUT2D eigenvalue weighted by atomic mass is 16.5. The largest absolute Gasteiger partial charge is 0.497 e. The number of anilines is 1. The summed E-state index contributed by atoms with van der Waals surface area (Å²) in [4.78, 5) is 18.0. The first-order valence-electron chi connectivity index (χ1n) is 13.5. The molecule has 0 aromatic heterocycles. The van der Waals surface area contributed by atoms with Crippen LogP contribution in [0.4, 0.5) is 5.69 Å². The highest BCUT2D eigenvalue weighted by molar-refractivity contribution is 5.82. The minimum absolute atomic E-state index is 0.109. The molecule has 0 amide bonds. The summed E-state index contributed by atoms with van der Waals surface area (Å²) in [6.07, 6.45) is 2.58. The van der Waals surface area contributed by atoms with E-state index >= 15 is 0 Å². The second-order valence-electron chi connectivity index (χ2n) is 10.0. The molecule has 0 N–H and O–H groups in total. The van der Waals surface area contributed by atoms with Crippen LogP contribution in [-0.2, 0) is 14.9 Å². The highest BCUT2D eigenvalue weighted by Crippen LogP contribution is 2.31. The van der Waals surface area contributed by atoms with Crippen molar-refractivity contribution in [2.24, 2.45) is 0 Å². The molecule has 3 aromatic rings. The van der Waals surface area contributed by atoms with Gasteiger partial charge >= 0.3 is 5.97 Å². The van der Waals surface area contributed by atoms with Gasteiger partial charge in [0.1, 0.15) is 5.75 Å². The number of carbonyl (C=O) groups excluding carboxylic acids is 1. The fourth-order valence-corrected chi connectivity index (χ4v) is 5.08. The number of ether oxygens (including phenoxy) is 2.